The fourth-order valence-electron chi connectivity index (χ4n) is 3.76. The summed E-state index contributed by atoms with van der Waals surface area (Å²) in [6.45, 7) is 3.47. The highest BCUT2D eigenvalue weighted by atomic mass is 16.5. The van der Waals surface area contributed by atoms with E-state index in [0.717, 1.165) is 56.9 Å². The lowest BCUT2D eigenvalue weighted by molar-refractivity contribution is -0.158. The number of hydrogen-bond donors (Lipinski definition) is 1. The summed E-state index contributed by atoms with van der Waals surface area (Å²) in [7, 11) is 0. The van der Waals surface area contributed by atoms with Crippen LogP contribution in [0.15, 0.2) is 42.7 Å². The summed E-state index contributed by atoms with van der Waals surface area (Å²) in [5, 5.41) is 2.96. The van der Waals surface area contributed by atoms with Crippen molar-refractivity contribution in [1.82, 2.24) is 15.3 Å². The van der Waals surface area contributed by atoms with Crippen LogP contribution in [0.5, 0.6) is 0 Å². The second-order valence-electron chi connectivity index (χ2n) is 7.35. The first kappa shape index (κ1) is 17.9. The predicted octanol–water partition coefficient (Wildman–Crippen LogP) is 2.60. The van der Waals surface area contributed by atoms with Crippen LogP contribution in [0.4, 0.5) is 5.82 Å². The Hall–Kier alpha value is -2.47. The zero-order chi connectivity index (χ0) is 18.5. The van der Waals surface area contributed by atoms with Crippen LogP contribution in [-0.2, 0) is 11.2 Å². The highest BCUT2D eigenvalue weighted by molar-refractivity contribution is 5.94. The summed E-state index contributed by atoms with van der Waals surface area (Å²) >= 11 is 0. The Balaban J connectivity index is 1.23. The standard InChI is InChI=1S/C21H26N4O2/c26-20(23-12-3-5-18-4-1-2-11-22-18)17-6-7-19(24-16-17)25-13-8-21(9-14-25)10-15-27-21/h1-2,4,6-7,11,16H,3,5,8-10,12-15H2,(H,23,26). The SMILES string of the molecule is O=C(NCCCc1ccccn1)c1ccc(N2CCC3(CCO3)CC2)nc1. The number of amides is 1. The van der Waals surface area contributed by atoms with Crippen LogP contribution >= 0.6 is 0 Å². The Morgan fingerprint density at radius 1 is 1.15 bits per heavy atom. The van der Waals surface area contributed by atoms with E-state index in [-0.39, 0.29) is 11.5 Å². The van der Waals surface area contributed by atoms with Crippen LogP contribution in [0.3, 0.4) is 0 Å². The molecule has 0 aliphatic carbocycles. The van der Waals surface area contributed by atoms with E-state index in [4.69, 9.17) is 4.74 Å². The molecule has 2 aromatic heterocycles. The molecule has 2 aliphatic rings. The van der Waals surface area contributed by atoms with Crippen molar-refractivity contribution in [2.24, 2.45) is 0 Å². The first-order valence-corrected chi connectivity index (χ1v) is 9.77. The molecule has 1 spiro atoms. The lowest BCUT2D eigenvalue weighted by Gasteiger charge is -2.47. The number of ether oxygens (including phenoxy) is 1. The molecule has 4 heterocycles. The topological polar surface area (TPSA) is 67.4 Å². The average Bonchev–Trinajstić information content (AvgIpc) is 2.71. The quantitative estimate of drug-likeness (QED) is 0.796. The van der Waals surface area contributed by atoms with E-state index >= 15 is 0 Å². The zero-order valence-electron chi connectivity index (χ0n) is 15.6. The maximum Gasteiger partial charge on any atom is 0.252 e. The number of piperidine rings is 1. The maximum atomic E-state index is 12.3. The van der Waals surface area contributed by atoms with Gasteiger partial charge in [-0.2, -0.15) is 0 Å². The number of carbonyl (C=O) groups excluding carboxylic acids is 1. The van der Waals surface area contributed by atoms with Gasteiger partial charge in [0.05, 0.1) is 17.8 Å². The molecule has 1 N–H and O–H groups in total. The minimum Gasteiger partial charge on any atom is -0.375 e. The molecule has 6 heteroatoms. The number of carbonyl (C=O) groups is 1. The second kappa shape index (κ2) is 8.05. The van der Waals surface area contributed by atoms with Crippen molar-refractivity contribution in [3.8, 4) is 0 Å². The van der Waals surface area contributed by atoms with E-state index in [1.54, 1.807) is 12.4 Å². The normalized spacial score (nSPS) is 18.1. The molecule has 0 unspecified atom stereocenters. The van der Waals surface area contributed by atoms with Gasteiger partial charge in [-0.15, -0.1) is 0 Å². The Morgan fingerprint density at radius 3 is 2.63 bits per heavy atom. The first-order valence-electron chi connectivity index (χ1n) is 9.77. The Kier molecular flexibility index (Phi) is 5.34. The third kappa shape index (κ3) is 4.27. The highest BCUT2D eigenvalue weighted by Crippen LogP contribution is 2.37. The van der Waals surface area contributed by atoms with Gasteiger partial charge in [-0.1, -0.05) is 6.07 Å². The average molecular weight is 366 g/mol. The van der Waals surface area contributed by atoms with Crippen molar-refractivity contribution < 1.29 is 9.53 Å². The lowest BCUT2D eigenvalue weighted by atomic mass is 9.84. The fourth-order valence-corrected chi connectivity index (χ4v) is 3.76. The smallest absolute Gasteiger partial charge is 0.252 e. The lowest BCUT2D eigenvalue weighted by Crippen LogP contribution is -2.52. The van der Waals surface area contributed by atoms with Crippen LogP contribution in [0.25, 0.3) is 0 Å². The van der Waals surface area contributed by atoms with Gasteiger partial charge in [0.25, 0.3) is 5.91 Å². The predicted molar refractivity (Wildman–Crippen MR) is 104 cm³/mol. The molecule has 2 saturated heterocycles. The Labute approximate surface area is 160 Å². The molecule has 142 valence electrons. The van der Waals surface area contributed by atoms with Crippen molar-refractivity contribution in [3.63, 3.8) is 0 Å². The minimum absolute atomic E-state index is 0.0736. The van der Waals surface area contributed by atoms with Crippen LogP contribution in [0, 0.1) is 0 Å². The van der Waals surface area contributed by atoms with Crippen LogP contribution < -0.4 is 10.2 Å². The third-order valence-corrected chi connectivity index (χ3v) is 5.60. The number of anilines is 1. The van der Waals surface area contributed by atoms with E-state index in [9.17, 15) is 4.79 Å². The zero-order valence-corrected chi connectivity index (χ0v) is 15.6. The largest absolute Gasteiger partial charge is 0.375 e. The molecule has 6 nitrogen and oxygen atoms in total. The van der Waals surface area contributed by atoms with Crippen molar-refractivity contribution in [2.45, 2.75) is 37.7 Å². The number of pyridine rings is 2. The highest BCUT2D eigenvalue weighted by Gasteiger charge is 2.41. The summed E-state index contributed by atoms with van der Waals surface area (Å²) in [6.07, 6.45) is 8.51. The summed E-state index contributed by atoms with van der Waals surface area (Å²) in [5.41, 5.74) is 1.80. The first-order chi connectivity index (χ1) is 13.2. The van der Waals surface area contributed by atoms with Gasteiger partial charge in [-0.3, -0.25) is 9.78 Å². The van der Waals surface area contributed by atoms with Crippen molar-refractivity contribution in [3.05, 3.63) is 54.0 Å². The number of nitrogens with zero attached hydrogens (tertiary/aromatic N) is 3. The van der Waals surface area contributed by atoms with Crippen LogP contribution in [0.2, 0.25) is 0 Å². The summed E-state index contributed by atoms with van der Waals surface area (Å²) in [6, 6.07) is 9.70. The molecule has 2 aliphatic heterocycles. The van der Waals surface area contributed by atoms with E-state index in [0.29, 0.717) is 12.1 Å². The van der Waals surface area contributed by atoms with Crippen LogP contribution in [-0.4, -0.2) is 47.7 Å². The van der Waals surface area contributed by atoms with Gasteiger partial charge in [0.1, 0.15) is 5.82 Å². The fraction of sp³-hybridized carbons (Fsp3) is 0.476. The molecular formula is C21H26N4O2. The number of hydrogen-bond acceptors (Lipinski definition) is 5. The number of aryl methyl sites for hydroxylation is 1. The summed E-state index contributed by atoms with van der Waals surface area (Å²) in [4.78, 5) is 23.4. The minimum atomic E-state index is -0.0736. The van der Waals surface area contributed by atoms with E-state index in [1.807, 2.05) is 30.3 Å². The van der Waals surface area contributed by atoms with E-state index < -0.39 is 0 Å². The molecule has 0 saturated carbocycles. The second-order valence-corrected chi connectivity index (χ2v) is 7.35. The monoisotopic (exact) mass is 366 g/mol. The number of rotatable bonds is 6. The molecule has 2 aromatic rings. The van der Waals surface area contributed by atoms with Gasteiger partial charge in [-0.25, -0.2) is 4.98 Å². The molecule has 27 heavy (non-hydrogen) atoms. The van der Waals surface area contributed by atoms with Crippen molar-refractivity contribution in [2.75, 3.05) is 31.1 Å². The van der Waals surface area contributed by atoms with Gasteiger partial charge in [-0.05, 0) is 56.4 Å². The third-order valence-electron chi connectivity index (χ3n) is 5.60. The molecule has 0 atom stereocenters. The molecule has 1 amide bonds. The Bertz CT molecular complexity index is 750. The molecule has 0 aromatic carbocycles. The number of aromatic nitrogens is 2. The van der Waals surface area contributed by atoms with Crippen molar-refractivity contribution >= 4 is 11.7 Å². The van der Waals surface area contributed by atoms with E-state index in [2.05, 4.69) is 20.2 Å². The Morgan fingerprint density at radius 2 is 2.00 bits per heavy atom. The molecule has 2 fully saturated rings. The van der Waals surface area contributed by atoms with Gasteiger partial charge in [0, 0.05) is 37.7 Å². The summed E-state index contributed by atoms with van der Waals surface area (Å²) in [5.74, 6) is 0.867. The van der Waals surface area contributed by atoms with Gasteiger partial charge < -0.3 is 15.0 Å². The molecule has 4 rings (SSSR count). The van der Waals surface area contributed by atoms with E-state index in [1.165, 1.54) is 6.42 Å². The molecule has 0 radical (unpaired) electrons. The van der Waals surface area contributed by atoms with Gasteiger partial charge >= 0.3 is 0 Å². The number of nitrogens with one attached hydrogen (secondary N) is 1. The van der Waals surface area contributed by atoms with Crippen molar-refractivity contribution in [1.29, 1.82) is 0 Å². The molecular weight excluding hydrogens is 340 g/mol. The maximum absolute atomic E-state index is 12.3. The van der Waals surface area contributed by atoms with Crippen LogP contribution in [0.1, 0.15) is 41.7 Å². The van der Waals surface area contributed by atoms with Gasteiger partial charge in [0.15, 0.2) is 0 Å². The summed E-state index contributed by atoms with van der Waals surface area (Å²) < 4.78 is 5.76. The molecule has 0 bridgehead atoms. The van der Waals surface area contributed by atoms with Gasteiger partial charge in [0.2, 0.25) is 0 Å².